The zero-order valence-electron chi connectivity index (χ0n) is 10.9. The van der Waals surface area contributed by atoms with E-state index >= 15 is 0 Å². The number of aromatic nitrogens is 1. The molecule has 0 spiro atoms. The van der Waals surface area contributed by atoms with Gasteiger partial charge in [0.1, 0.15) is 0 Å². The Kier molecular flexibility index (Phi) is 3.28. The average molecular weight is 240 g/mol. The zero-order chi connectivity index (χ0) is 12.4. The van der Waals surface area contributed by atoms with E-state index in [0.717, 1.165) is 6.54 Å². The summed E-state index contributed by atoms with van der Waals surface area (Å²) in [5.41, 5.74) is 1.51. The van der Waals surface area contributed by atoms with E-state index in [9.17, 15) is 0 Å². The fourth-order valence-corrected chi connectivity index (χ4v) is 3.24. The molecule has 2 nitrogen and oxygen atoms in total. The molecule has 0 aliphatic heterocycles. The summed E-state index contributed by atoms with van der Waals surface area (Å²) in [7, 11) is 0. The van der Waals surface area contributed by atoms with Gasteiger partial charge in [0, 0.05) is 23.8 Å². The molecule has 1 N–H and O–H groups in total. The lowest BCUT2D eigenvalue weighted by atomic mass is 9.93. The summed E-state index contributed by atoms with van der Waals surface area (Å²) in [4.78, 5) is 4.21. The molecule has 2 unspecified atom stereocenters. The van der Waals surface area contributed by atoms with Crippen LogP contribution in [-0.4, -0.2) is 17.6 Å². The minimum atomic E-state index is 0.706. The van der Waals surface area contributed by atoms with Gasteiger partial charge in [0.2, 0.25) is 0 Å². The molecule has 1 aromatic carbocycles. The van der Waals surface area contributed by atoms with Gasteiger partial charge in [0.15, 0.2) is 0 Å². The van der Waals surface area contributed by atoms with Crippen LogP contribution in [0.5, 0.6) is 0 Å². The Hall–Kier alpha value is -1.41. The standard InChI is InChI=1S/C16H20N2/c1-2-18-14-7-6-12(10-14)15-5-3-4-13-11-17-9-8-16(13)15/h3-5,8-9,11-12,14,18H,2,6-7,10H2,1H3. The van der Waals surface area contributed by atoms with Crippen molar-refractivity contribution in [2.45, 2.75) is 38.1 Å². The van der Waals surface area contributed by atoms with E-state index in [2.05, 4.69) is 41.5 Å². The SMILES string of the molecule is CCNC1CCC(c2cccc3cnccc23)C1. The van der Waals surface area contributed by atoms with Crippen LogP contribution in [0, 0.1) is 0 Å². The van der Waals surface area contributed by atoms with Crippen LogP contribution >= 0.6 is 0 Å². The van der Waals surface area contributed by atoms with Gasteiger partial charge in [0.05, 0.1) is 0 Å². The number of nitrogens with one attached hydrogen (secondary N) is 1. The third kappa shape index (κ3) is 2.13. The summed E-state index contributed by atoms with van der Waals surface area (Å²) < 4.78 is 0. The van der Waals surface area contributed by atoms with Crippen LogP contribution in [0.3, 0.4) is 0 Å². The van der Waals surface area contributed by atoms with Crippen LogP contribution in [-0.2, 0) is 0 Å². The Morgan fingerprint density at radius 3 is 3.11 bits per heavy atom. The van der Waals surface area contributed by atoms with Crippen molar-refractivity contribution in [1.29, 1.82) is 0 Å². The van der Waals surface area contributed by atoms with E-state index in [4.69, 9.17) is 0 Å². The van der Waals surface area contributed by atoms with Gasteiger partial charge in [-0.25, -0.2) is 0 Å². The lowest BCUT2D eigenvalue weighted by Crippen LogP contribution is -2.25. The summed E-state index contributed by atoms with van der Waals surface area (Å²) in [6.45, 7) is 3.27. The monoisotopic (exact) mass is 240 g/mol. The fourth-order valence-electron chi connectivity index (χ4n) is 3.24. The Balaban J connectivity index is 1.91. The van der Waals surface area contributed by atoms with E-state index in [1.807, 2.05) is 12.4 Å². The molecule has 2 aromatic rings. The smallest absolute Gasteiger partial charge is 0.0346 e. The van der Waals surface area contributed by atoms with Gasteiger partial charge in [-0.1, -0.05) is 25.1 Å². The first-order valence-corrected chi connectivity index (χ1v) is 6.94. The fraction of sp³-hybridized carbons (Fsp3) is 0.438. The third-order valence-corrected chi connectivity index (χ3v) is 4.08. The van der Waals surface area contributed by atoms with Crippen LogP contribution in [0.25, 0.3) is 10.8 Å². The Bertz CT molecular complexity index is 530. The zero-order valence-corrected chi connectivity index (χ0v) is 10.9. The molecule has 1 fully saturated rings. The molecular formula is C16H20N2. The molecule has 0 saturated heterocycles. The minimum Gasteiger partial charge on any atom is -0.314 e. The Morgan fingerprint density at radius 1 is 1.28 bits per heavy atom. The maximum absolute atomic E-state index is 4.21. The Labute approximate surface area is 108 Å². The summed E-state index contributed by atoms with van der Waals surface area (Å²) in [5, 5.41) is 6.23. The minimum absolute atomic E-state index is 0.706. The molecule has 1 aliphatic rings. The molecule has 1 heterocycles. The predicted molar refractivity (Wildman–Crippen MR) is 75.8 cm³/mol. The topological polar surface area (TPSA) is 24.9 Å². The van der Waals surface area contributed by atoms with Crippen molar-refractivity contribution in [1.82, 2.24) is 10.3 Å². The van der Waals surface area contributed by atoms with Crippen LogP contribution in [0.2, 0.25) is 0 Å². The average Bonchev–Trinajstić information content (AvgIpc) is 2.87. The van der Waals surface area contributed by atoms with Crippen LogP contribution in [0.4, 0.5) is 0 Å². The second-order valence-corrected chi connectivity index (χ2v) is 5.21. The van der Waals surface area contributed by atoms with Crippen LogP contribution in [0.15, 0.2) is 36.7 Å². The number of hydrogen-bond acceptors (Lipinski definition) is 2. The second kappa shape index (κ2) is 5.07. The van der Waals surface area contributed by atoms with E-state index in [1.54, 1.807) is 0 Å². The molecule has 2 atom stereocenters. The molecule has 0 amide bonds. The molecule has 18 heavy (non-hydrogen) atoms. The van der Waals surface area contributed by atoms with Gasteiger partial charge in [0.25, 0.3) is 0 Å². The number of rotatable bonds is 3. The quantitative estimate of drug-likeness (QED) is 0.888. The summed E-state index contributed by atoms with van der Waals surface area (Å²) in [6, 6.07) is 9.48. The lowest BCUT2D eigenvalue weighted by Gasteiger charge is -2.14. The lowest BCUT2D eigenvalue weighted by molar-refractivity contribution is 0.535. The van der Waals surface area contributed by atoms with Gasteiger partial charge < -0.3 is 5.32 Å². The van der Waals surface area contributed by atoms with Crippen molar-refractivity contribution in [3.8, 4) is 0 Å². The van der Waals surface area contributed by atoms with Crippen molar-refractivity contribution >= 4 is 10.8 Å². The molecule has 0 bridgehead atoms. The Morgan fingerprint density at radius 2 is 2.22 bits per heavy atom. The van der Waals surface area contributed by atoms with Crippen molar-refractivity contribution in [3.63, 3.8) is 0 Å². The van der Waals surface area contributed by atoms with E-state index in [0.29, 0.717) is 12.0 Å². The molecule has 1 aliphatic carbocycles. The molecule has 3 rings (SSSR count). The highest BCUT2D eigenvalue weighted by atomic mass is 14.9. The maximum Gasteiger partial charge on any atom is 0.0346 e. The largest absolute Gasteiger partial charge is 0.314 e. The number of fused-ring (bicyclic) bond motifs is 1. The van der Waals surface area contributed by atoms with Crippen molar-refractivity contribution < 1.29 is 0 Å². The van der Waals surface area contributed by atoms with Gasteiger partial charge >= 0.3 is 0 Å². The number of benzene rings is 1. The highest BCUT2D eigenvalue weighted by Gasteiger charge is 2.26. The first-order valence-electron chi connectivity index (χ1n) is 6.94. The van der Waals surface area contributed by atoms with E-state index in [1.165, 1.54) is 35.6 Å². The number of hydrogen-bond donors (Lipinski definition) is 1. The van der Waals surface area contributed by atoms with Crippen molar-refractivity contribution in [2.75, 3.05) is 6.54 Å². The van der Waals surface area contributed by atoms with Crippen LogP contribution < -0.4 is 5.32 Å². The number of pyridine rings is 1. The normalized spacial score (nSPS) is 23.6. The molecule has 2 heteroatoms. The van der Waals surface area contributed by atoms with Gasteiger partial charge in [-0.05, 0) is 48.7 Å². The van der Waals surface area contributed by atoms with E-state index < -0.39 is 0 Å². The molecule has 1 saturated carbocycles. The summed E-state index contributed by atoms with van der Waals surface area (Å²) >= 11 is 0. The first-order chi connectivity index (χ1) is 8.88. The summed E-state index contributed by atoms with van der Waals surface area (Å²) in [5.74, 6) is 0.708. The second-order valence-electron chi connectivity index (χ2n) is 5.21. The van der Waals surface area contributed by atoms with Crippen molar-refractivity contribution in [2.24, 2.45) is 0 Å². The predicted octanol–water partition coefficient (Wildman–Crippen LogP) is 3.48. The number of nitrogens with zero attached hydrogens (tertiary/aromatic N) is 1. The molecule has 0 radical (unpaired) electrons. The van der Waals surface area contributed by atoms with E-state index in [-0.39, 0.29) is 0 Å². The van der Waals surface area contributed by atoms with Gasteiger partial charge in [-0.3, -0.25) is 4.98 Å². The van der Waals surface area contributed by atoms with Crippen LogP contribution in [0.1, 0.15) is 37.7 Å². The first kappa shape index (κ1) is 11.7. The third-order valence-electron chi connectivity index (χ3n) is 4.08. The molecule has 1 aromatic heterocycles. The van der Waals surface area contributed by atoms with Gasteiger partial charge in [-0.15, -0.1) is 0 Å². The highest BCUT2D eigenvalue weighted by Crippen LogP contribution is 2.37. The summed E-state index contributed by atoms with van der Waals surface area (Å²) in [6.07, 6.45) is 7.76. The molecular weight excluding hydrogens is 220 g/mol. The van der Waals surface area contributed by atoms with Gasteiger partial charge in [-0.2, -0.15) is 0 Å². The van der Waals surface area contributed by atoms with Crippen molar-refractivity contribution in [3.05, 3.63) is 42.2 Å². The highest BCUT2D eigenvalue weighted by molar-refractivity contribution is 5.85. The maximum atomic E-state index is 4.21. The molecule has 94 valence electrons.